The molecular formula is C17H32. The minimum Gasteiger partial charge on any atom is -0.0622 e. The monoisotopic (exact) mass is 236 g/mol. The first-order chi connectivity index (χ1) is 8.09. The molecule has 100 valence electrons. The molecule has 0 aliphatic heterocycles. The van der Waals surface area contributed by atoms with Gasteiger partial charge >= 0.3 is 0 Å². The van der Waals surface area contributed by atoms with Crippen LogP contribution in [0.25, 0.3) is 0 Å². The largest absolute Gasteiger partial charge is 0.0622 e. The van der Waals surface area contributed by atoms with Gasteiger partial charge in [-0.1, -0.05) is 59.8 Å². The summed E-state index contributed by atoms with van der Waals surface area (Å²) < 4.78 is 0. The fourth-order valence-electron chi connectivity index (χ4n) is 4.63. The van der Waals surface area contributed by atoms with Crippen LogP contribution in [0.15, 0.2) is 0 Å². The molecule has 0 bridgehead atoms. The Morgan fingerprint density at radius 1 is 0.765 bits per heavy atom. The molecule has 0 radical (unpaired) electrons. The molecule has 2 aliphatic rings. The zero-order valence-corrected chi connectivity index (χ0v) is 12.4. The van der Waals surface area contributed by atoms with Crippen LogP contribution >= 0.6 is 0 Å². The second kappa shape index (κ2) is 5.76. The SMILES string of the molecule is CC1CC(C)C(C(C)C2CCCCC2)CC1C. The van der Waals surface area contributed by atoms with Crippen molar-refractivity contribution in [2.24, 2.45) is 35.5 Å². The molecule has 0 spiro atoms. The molecule has 2 fully saturated rings. The lowest BCUT2D eigenvalue weighted by Gasteiger charge is -2.43. The molecule has 5 unspecified atom stereocenters. The van der Waals surface area contributed by atoms with Crippen LogP contribution < -0.4 is 0 Å². The smallest absolute Gasteiger partial charge is 0.0357 e. The molecule has 2 rings (SSSR count). The molecule has 17 heavy (non-hydrogen) atoms. The second-order valence-electron chi connectivity index (χ2n) is 7.32. The van der Waals surface area contributed by atoms with Crippen LogP contribution in [-0.2, 0) is 0 Å². The van der Waals surface area contributed by atoms with E-state index in [9.17, 15) is 0 Å². The van der Waals surface area contributed by atoms with Gasteiger partial charge < -0.3 is 0 Å². The zero-order valence-electron chi connectivity index (χ0n) is 12.4. The Morgan fingerprint density at radius 3 is 2.00 bits per heavy atom. The Kier molecular flexibility index (Phi) is 4.55. The van der Waals surface area contributed by atoms with Gasteiger partial charge in [-0.15, -0.1) is 0 Å². The minimum atomic E-state index is 0.958. The molecule has 0 aromatic rings. The standard InChI is InChI=1S/C17H32/c1-12-10-14(3)17(11-13(12)2)15(4)16-8-6-5-7-9-16/h12-17H,5-11H2,1-4H3. The van der Waals surface area contributed by atoms with Crippen LogP contribution in [0.5, 0.6) is 0 Å². The van der Waals surface area contributed by atoms with Crippen LogP contribution in [0, 0.1) is 35.5 Å². The molecule has 2 saturated carbocycles. The molecule has 0 aromatic heterocycles. The van der Waals surface area contributed by atoms with E-state index in [0.29, 0.717) is 0 Å². The van der Waals surface area contributed by atoms with E-state index in [1.54, 1.807) is 0 Å². The molecule has 5 atom stereocenters. The van der Waals surface area contributed by atoms with E-state index in [1.165, 1.54) is 44.9 Å². The maximum absolute atomic E-state index is 2.57. The fraction of sp³-hybridized carbons (Fsp3) is 1.00. The molecule has 0 heterocycles. The lowest BCUT2D eigenvalue weighted by atomic mass is 9.62. The van der Waals surface area contributed by atoms with Gasteiger partial charge in [0.15, 0.2) is 0 Å². The van der Waals surface area contributed by atoms with Crippen molar-refractivity contribution < 1.29 is 0 Å². The summed E-state index contributed by atoms with van der Waals surface area (Å²) in [4.78, 5) is 0. The maximum atomic E-state index is 2.57. The van der Waals surface area contributed by atoms with E-state index < -0.39 is 0 Å². The number of hydrogen-bond donors (Lipinski definition) is 0. The number of rotatable bonds is 2. The summed E-state index contributed by atoms with van der Waals surface area (Å²) in [6.45, 7) is 10.0. The summed E-state index contributed by atoms with van der Waals surface area (Å²) >= 11 is 0. The molecule has 0 amide bonds. The van der Waals surface area contributed by atoms with E-state index in [0.717, 1.165) is 35.5 Å². The molecule has 0 nitrogen and oxygen atoms in total. The van der Waals surface area contributed by atoms with Gasteiger partial charge in [-0.2, -0.15) is 0 Å². The Hall–Kier alpha value is 0. The quantitative estimate of drug-likeness (QED) is 0.592. The van der Waals surface area contributed by atoms with Gasteiger partial charge in [0, 0.05) is 0 Å². The van der Waals surface area contributed by atoms with Crippen LogP contribution in [0.2, 0.25) is 0 Å². The molecular weight excluding hydrogens is 204 g/mol. The van der Waals surface area contributed by atoms with Crippen LogP contribution in [-0.4, -0.2) is 0 Å². The van der Waals surface area contributed by atoms with E-state index >= 15 is 0 Å². The summed E-state index contributed by atoms with van der Waals surface area (Å²) in [5.74, 6) is 5.95. The van der Waals surface area contributed by atoms with E-state index in [1.807, 2.05) is 0 Å². The second-order valence-corrected chi connectivity index (χ2v) is 7.32. The summed E-state index contributed by atoms with van der Waals surface area (Å²) in [6.07, 6.45) is 10.5. The van der Waals surface area contributed by atoms with Gasteiger partial charge in [-0.05, 0) is 48.3 Å². The van der Waals surface area contributed by atoms with Crippen molar-refractivity contribution >= 4 is 0 Å². The predicted molar refractivity (Wildman–Crippen MR) is 76.0 cm³/mol. The van der Waals surface area contributed by atoms with Crippen molar-refractivity contribution in [1.29, 1.82) is 0 Å². The average molecular weight is 236 g/mol. The lowest BCUT2D eigenvalue weighted by Crippen LogP contribution is -2.35. The molecule has 0 N–H and O–H groups in total. The maximum Gasteiger partial charge on any atom is -0.0357 e. The van der Waals surface area contributed by atoms with Crippen molar-refractivity contribution in [1.82, 2.24) is 0 Å². The van der Waals surface area contributed by atoms with Gasteiger partial charge in [-0.25, -0.2) is 0 Å². The van der Waals surface area contributed by atoms with E-state index in [4.69, 9.17) is 0 Å². The van der Waals surface area contributed by atoms with Crippen molar-refractivity contribution in [3.05, 3.63) is 0 Å². The van der Waals surface area contributed by atoms with Gasteiger partial charge in [0.05, 0.1) is 0 Å². The Morgan fingerprint density at radius 2 is 1.35 bits per heavy atom. The summed E-state index contributed by atoms with van der Waals surface area (Å²) in [5.41, 5.74) is 0. The highest BCUT2D eigenvalue weighted by molar-refractivity contribution is 4.86. The van der Waals surface area contributed by atoms with Crippen molar-refractivity contribution in [3.63, 3.8) is 0 Å². The molecule has 0 saturated heterocycles. The Labute approximate surface area is 109 Å². The average Bonchev–Trinajstić information content (AvgIpc) is 2.34. The first-order valence-electron chi connectivity index (χ1n) is 8.09. The van der Waals surface area contributed by atoms with Crippen LogP contribution in [0.4, 0.5) is 0 Å². The van der Waals surface area contributed by atoms with Crippen molar-refractivity contribution in [3.8, 4) is 0 Å². The molecule has 0 aromatic carbocycles. The van der Waals surface area contributed by atoms with Gasteiger partial charge in [-0.3, -0.25) is 0 Å². The first-order valence-corrected chi connectivity index (χ1v) is 8.09. The highest BCUT2D eigenvalue weighted by atomic mass is 14.4. The van der Waals surface area contributed by atoms with Crippen molar-refractivity contribution in [2.75, 3.05) is 0 Å². The van der Waals surface area contributed by atoms with Crippen molar-refractivity contribution in [2.45, 2.75) is 72.6 Å². The first kappa shape index (κ1) is 13.4. The fourth-order valence-corrected chi connectivity index (χ4v) is 4.63. The highest BCUT2D eigenvalue weighted by Crippen LogP contribution is 2.45. The molecule has 2 aliphatic carbocycles. The normalized spacial score (nSPS) is 42.4. The zero-order chi connectivity index (χ0) is 12.4. The van der Waals surface area contributed by atoms with Gasteiger partial charge in [0.25, 0.3) is 0 Å². The topological polar surface area (TPSA) is 0 Å². The third kappa shape index (κ3) is 3.06. The van der Waals surface area contributed by atoms with Gasteiger partial charge in [0.2, 0.25) is 0 Å². The predicted octanol–water partition coefficient (Wildman–Crippen LogP) is 5.52. The van der Waals surface area contributed by atoms with E-state index in [2.05, 4.69) is 27.7 Å². The third-order valence-corrected chi connectivity index (χ3v) is 6.16. The van der Waals surface area contributed by atoms with Gasteiger partial charge in [0.1, 0.15) is 0 Å². The number of hydrogen-bond acceptors (Lipinski definition) is 0. The van der Waals surface area contributed by atoms with Crippen LogP contribution in [0.1, 0.15) is 72.6 Å². The van der Waals surface area contributed by atoms with E-state index in [-0.39, 0.29) is 0 Å². The summed E-state index contributed by atoms with van der Waals surface area (Å²) in [5, 5.41) is 0. The lowest BCUT2D eigenvalue weighted by molar-refractivity contribution is 0.0652. The Balaban J connectivity index is 1.95. The third-order valence-electron chi connectivity index (χ3n) is 6.16. The summed E-state index contributed by atoms with van der Waals surface area (Å²) in [6, 6.07) is 0. The Bertz CT molecular complexity index is 226. The minimum absolute atomic E-state index is 0.958. The molecule has 0 heteroatoms. The van der Waals surface area contributed by atoms with Crippen LogP contribution in [0.3, 0.4) is 0 Å². The highest BCUT2D eigenvalue weighted by Gasteiger charge is 2.36. The summed E-state index contributed by atoms with van der Waals surface area (Å²) in [7, 11) is 0.